The lowest BCUT2D eigenvalue weighted by Crippen LogP contribution is -2.27. The smallest absolute Gasteiger partial charge is 0.328 e. The average Bonchev–Trinajstić information content (AvgIpc) is 2.28. The van der Waals surface area contributed by atoms with E-state index in [1.165, 1.54) is 25.3 Å². The molecule has 0 aliphatic heterocycles. The van der Waals surface area contributed by atoms with Crippen molar-refractivity contribution >= 4 is 27.6 Å². The summed E-state index contributed by atoms with van der Waals surface area (Å²) < 4.78 is 25.2. The number of hydrogen-bond donors (Lipinski definition) is 1. The van der Waals surface area contributed by atoms with Crippen LogP contribution >= 0.6 is 11.6 Å². The number of benzene rings is 1. The summed E-state index contributed by atoms with van der Waals surface area (Å²) in [5, 5.41) is 8.55. The van der Waals surface area contributed by atoms with Crippen molar-refractivity contribution in [3.8, 4) is 0 Å². The molecule has 0 saturated carbocycles. The third kappa shape index (κ3) is 3.56. The molecule has 98 valence electrons. The first-order valence-electron chi connectivity index (χ1n) is 4.96. The second-order valence-electron chi connectivity index (χ2n) is 3.46. The number of carboxylic acid groups (broad SMARTS) is 1. The van der Waals surface area contributed by atoms with Gasteiger partial charge in [-0.3, -0.25) is 0 Å². The summed E-state index contributed by atoms with van der Waals surface area (Å²) in [6.07, 6.45) is 2.13. The van der Waals surface area contributed by atoms with Crippen LogP contribution in [-0.2, 0) is 14.8 Å². The van der Waals surface area contributed by atoms with Crippen molar-refractivity contribution in [2.75, 3.05) is 13.6 Å². The van der Waals surface area contributed by atoms with Crippen LogP contribution in [0.4, 0.5) is 0 Å². The lowest BCUT2D eigenvalue weighted by Gasteiger charge is -2.15. The first kappa shape index (κ1) is 14.7. The van der Waals surface area contributed by atoms with Gasteiger partial charge in [-0.1, -0.05) is 29.8 Å². The van der Waals surface area contributed by atoms with Gasteiger partial charge in [0, 0.05) is 19.7 Å². The Morgan fingerprint density at radius 1 is 1.44 bits per heavy atom. The molecule has 7 heteroatoms. The molecule has 5 nitrogen and oxygen atoms in total. The molecule has 1 aromatic carbocycles. The summed E-state index contributed by atoms with van der Waals surface area (Å²) >= 11 is 5.82. The Kier molecular flexibility index (Phi) is 4.89. The molecule has 18 heavy (non-hydrogen) atoms. The molecule has 1 rings (SSSR count). The number of nitrogens with zero attached hydrogens (tertiary/aromatic N) is 1. The van der Waals surface area contributed by atoms with Crippen molar-refractivity contribution < 1.29 is 18.3 Å². The van der Waals surface area contributed by atoms with E-state index in [2.05, 4.69) is 0 Å². The van der Waals surface area contributed by atoms with Crippen LogP contribution < -0.4 is 0 Å². The summed E-state index contributed by atoms with van der Waals surface area (Å²) in [5.74, 6) is -1.13. The Balaban J connectivity index is 2.94. The van der Waals surface area contributed by atoms with E-state index in [-0.39, 0.29) is 16.5 Å². The fourth-order valence-electron chi connectivity index (χ4n) is 1.22. The lowest BCUT2D eigenvalue weighted by atomic mass is 10.4. The zero-order valence-electron chi connectivity index (χ0n) is 9.58. The number of carbonyl (C=O) groups is 1. The normalized spacial score (nSPS) is 12.2. The first-order chi connectivity index (χ1) is 8.35. The first-order valence-corrected chi connectivity index (χ1v) is 6.78. The van der Waals surface area contributed by atoms with Gasteiger partial charge in [0.15, 0.2) is 0 Å². The number of hydrogen-bond acceptors (Lipinski definition) is 3. The van der Waals surface area contributed by atoms with Gasteiger partial charge in [-0.2, -0.15) is 4.31 Å². The molecule has 0 unspecified atom stereocenters. The number of likely N-dealkylation sites (N-methyl/N-ethyl adjacent to an activating group) is 1. The van der Waals surface area contributed by atoms with Crippen molar-refractivity contribution in [2.24, 2.45) is 0 Å². The van der Waals surface area contributed by atoms with Gasteiger partial charge in [-0.15, -0.1) is 0 Å². The monoisotopic (exact) mass is 289 g/mol. The highest BCUT2D eigenvalue weighted by Gasteiger charge is 2.22. The van der Waals surface area contributed by atoms with Crippen LogP contribution in [-0.4, -0.2) is 37.4 Å². The molecule has 0 radical (unpaired) electrons. The Bertz CT molecular complexity index is 568. The second-order valence-corrected chi connectivity index (χ2v) is 5.88. The van der Waals surface area contributed by atoms with Crippen molar-refractivity contribution in [1.29, 1.82) is 0 Å². The summed E-state index contributed by atoms with van der Waals surface area (Å²) in [5.41, 5.74) is 0. The van der Waals surface area contributed by atoms with E-state index in [1.54, 1.807) is 12.1 Å². The van der Waals surface area contributed by atoms with Crippen LogP contribution in [0.5, 0.6) is 0 Å². The van der Waals surface area contributed by atoms with E-state index in [0.717, 1.165) is 10.4 Å². The largest absolute Gasteiger partial charge is 0.478 e. The molecule has 0 spiro atoms. The molecular formula is C11H12ClNO4S. The Hall–Kier alpha value is -1.37. The molecule has 1 N–H and O–H groups in total. The molecule has 0 aliphatic carbocycles. The summed E-state index contributed by atoms with van der Waals surface area (Å²) in [4.78, 5) is 10.3. The molecule has 0 bridgehead atoms. The lowest BCUT2D eigenvalue weighted by molar-refractivity contribution is -0.131. The van der Waals surface area contributed by atoms with Gasteiger partial charge in [-0.05, 0) is 12.1 Å². The Morgan fingerprint density at radius 3 is 2.61 bits per heavy atom. The van der Waals surface area contributed by atoms with Gasteiger partial charge in [0.05, 0.1) is 5.02 Å². The average molecular weight is 290 g/mol. The number of carboxylic acids is 1. The van der Waals surface area contributed by atoms with Crippen molar-refractivity contribution in [1.82, 2.24) is 4.31 Å². The molecular weight excluding hydrogens is 278 g/mol. The maximum atomic E-state index is 12.1. The number of rotatable bonds is 5. The standard InChI is InChI=1S/C11H12ClNO4S/c1-13(8-4-7-11(14)15)18(16,17)10-6-3-2-5-9(10)12/h2-7H,8H2,1H3,(H,14,15). The van der Waals surface area contributed by atoms with Crippen LogP contribution in [0.3, 0.4) is 0 Å². The highest BCUT2D eigenvalue weighted by atomic mass is 35.5. The predicted octanol–water partition coefficient (Wildman–Crippen LogP) is 1.60. The highest BCUT2D eigenvalue weighted by Crippen LogP contribution is 2.23. The summed E-state index contributed by atoms with van der Waals surface area (Å²) in [7, 11) is -2.36. The van der Waals surface area contributed by atoms with Crippen molar-refractivity contribution in [2.45, 2.75) is 4.90 Å². The van der Waals surface area contributed by atoms with Gasteiger partial charge >= 0.3 is 5.97 Å². The minimum Gasteiger partial charge on any atom is -0.478 e. The maximum Gasteiger partial charge on any atom is 0.328 e. The molecule has 0 amide bonds. The fraction of sp³-hybridized carbons (Fsp3) is 0.182. The van der Waals surface area contributed by atoms with Gasteiger partial charge in [0.1, 0.15) is 4.90 Å². The Morgan fingerprint density at radius 2 is 2.06 bits per heavy atom. The molecule has 1 aromatic rings. The number of halogens is 1. The topological polar surface area (TPSA) is 74.7 Å². The zero-order chi connectivity index (χ0) is 13.8. The summed E-state index contributed by atoms with van der Waals surface area (Å²) in [6.45, 7) is -0.0418. The van der Waals surface area contributed by atoms with Crippen molar-refractivity contribution in [3.63, 3.8) is 0 Å². The second kappa shape index (κ2) is 5.99. The predicted molar refractivity (Wildman–Crippen MR) is 68.0 cm³/mol. The maximum absolute atomic E-state index is 12.1. The molecule has 0 saturated heterocycles. The fourth-order valence-corrected chi connectivity index (χ4v) is 2.83. The molecule has 0 atom stereocenters. The summed E-state index contributed by atoms with van der Waals surface area (Å²) in [6, 6.07) is 6.08. The van der Waals surface area contributed by atoms with E-state index in [9.17, 15) is 13.2 Å². The van der Waals surface area contributed by atoms with Crippen LogP contribution in [0, 0.1) is 0 Å². The van der Waals surface area contributed by atoms with Gasteiger partial charge in [0.2, 0.25) is 10.0 Å². The van der Waals surface area contributed by atoms with Gasteiger partial charge in [0.25, 0.3) is 0 Å². The van der Waals surface area contributed by atoms with Gasteiger partial charge in [-0.25, -0.2) is 13.2 Å². The molecule has 0 aromatic heterocycles. The molecule has 0 aliphatic rings. The third-order valence-corrected chi connectivity index (χ3v) is 4.47. The van der Waals surface area contributed by atoms with Crippen LogP contribution in [0.2, 0.25) is 5.02 Å². The van der Waals surface area contributed by atoms with Crippen molar-refractivity contribution in [3.05, 3.63) is 41.4 Å². The third-order valence-electron chi connectivity index (χ3n) is 2.15. The molecule has 0 heterocycles. The van der Waals surface area contributed by atoms with Gasteiger partial charge < -0.3 is 5.11 Å². The van der Waals surface area contributed by atoms with E-state index in [4.69, 9.17) is 16.7 Å². The van der Waals surface area contributed by atoms with Crippen LogP contribution in [0.1, 0.15) is 0 Å². The quantitative estimate of drug-likeness (QED) is 0.836. The number of aliphatic carboxylic acids is 1. The van der Waals surface area contributed by atoms with Crippen LogP contribution in [0.15, 0.2) is 41.3 Å². The minimum atomic E-state index is -3.71. The highest BCUT2D eigenvalue weighted by molar-refractivity contribution is 7.89. The van der Waals surface area contributed by atoms with E-state index < -0.39 is 16.0 Å². The number of sulfonamides is 1. The van der Waals surface area contributed by atoms with E-state index in [1.807, 2.05) is 0 Å². The van der Waals surface area contributed by atoms with Crippen LogP contribution in [0.25, 0.3) is 0 Å². The SMILES string of the molecule is CN(CC=CC(=O)O)S(=O)(=O)c1ccccc1Cl. The van der Waals surface area contributed by atoms with E-state index >= 15 is 0 Å². The zero-order valence-corrected chi connectivity index (χ0v) is 11.1. The molecule has 0 fully saturated rings. The Labute approximate surface area is 110 Å². The van der Waals surface area contributed by atoms with E-state index in [0.29, 0.717) is 0 Å². The minimum absolute atomic E-state index is 0.00195.